The van der Waals surface area contributed by atoms with Crippen LogP contribution in [0.1, 0.15) is 57.8 Å². The van der Waals surface area contributed by atoms with Crippen LogP contribution in [0.2, 0.25) is 0 Å². The molecule has 0 bridgehead atoms. The summed E-state index contributed by atoms with van der Waals surface area (Å²) in [6, 6.07) is 0. The Morgan fingerprint density at radius 1 is 1.00 bits per heavy atom. The predicted octanol–water partition coefficient (Wildman–Crippen LogP) is 1.94. The van der Waals surface area contributed by atoms with Crippen molar-refractivity contribution in [3.8, 4) is 0 Å². The van der Waals surface area contributed by atoms with Gasteiger partial charge < -0.3 is 15.1 Å². The van der Waals surface area contributed by atoms with E-state index in [2.05, 4.69) is 0 Å². The van der Waals surface area contributed by atoms with Gasteiger partial charge in [-0.3, -0.25) is 4.79 Å². The highest BCUT2D eigenvalue weighted by Gasteiger charge is 2.71. The number of carbonyl (C=O) groups excluding carboxylic acids is 1. The van der Waals surface area contributed by atoms with E-state index in [1.54, 1.807) is 0 Å². The first-order valence-electron chi connectivity index (χ1n) is 8.64. The predicted molar refractivity (Wildman–Crippen MR) is 80.7 cm³/mol. The van der Waals surface area contributed by atoms with Crippen molar-refractivity contribution in [1.82, 2.24) is 4.90 Å². The van der Waals surface area contributed by atoms with E-state index in [1.165, 1.54) is 38.5 Å². The van der Waals surface area contributed by atoms with E-state index in [0.717, 1.165) is 18.8 Å². The van der Waals surface area contributed by atoms with Gasteiger partial charge in [0.25, 0.3) is 0 Å². The molecular weight excluding hydrogens is 266 g/mol. The van der Waals surface area contributed by atoms with Crippen LogP contribution in [0, 0.1) is 16.7 Å². The lowest BCUT2D eigenvalue weighted by Crippen LogP contribution is -2.33. The fourth-order valence-corrected chi connectivity index (χ4v) is 4.70. The molecule has 0 unspecified atom stereocenters. The Balaban J connectivity index is 1.48. The van der Waals surface area contributed by atoms with Gasteiger partial charge in [0.2, 0.25) is 5.91 Å². The molecule has 3 aliphatic rings. The minimum absolute atomic E-state index is 0.0972. The molecular formula is C17H29NO3. The van der Waals surface area contributed by atoms with Crippen LogP contribution in [-0.2, 0) is 4.79 Å². The average Bonchev–Trinajstić information content (AvgIpc) is 3.13. The first-order chi connectivity index (χ1) is 10.1. The average molecular weight is 295 g/mol. The van der Waals surface area contributed by atoms with Crippen molar-refractivity contribution in [2.24, 2.45) is 16.7 Å². The summed E-state index contributed by atoms with van der Waals surface area (Å²) in [5, 5.41) is 19.2. The summed E-state index contributed by atoms with van der Waals surface area (Å²) in [5.41, 5.74) is -0.389. The molecule has 2 atom stereocenters. The number of aliphatic hydroxyl groups is 2. The van der Waals surface area contributed by atoms with Crippen LogP contribution in [-0.4, -0.2) is 47.3 Å². The molecule has 3 rings (SSSR count). The zero-order chi connectivity index (χ0) is 14.9. The number of piperidine rings is 1. The number of fused-ring (bicyclic) bond motifs is 1. The van der Waals surface area contributed by atoms with Crippen LogP contribution >= 0.6 is 0 Å². The number of likely N-dealkylation sites (tertiary alicyclic amines) is 1. The summed E-state index contributed by atoms with van der Waals surface area (Å²) < 4.78 is 0. The lowest BCUT2D eigenvalue weighted by Gasteiger charge is -2.22. The highest BCUT2D eigenvalue weighted by Crippen LogP contribution is 2.67. The highest BCUT2D eigenvalue weighted by atomic mass is 16.3. The second kappa shape index (κ2) is 5.88. The molecule has 1 heterocycles. The Morgan fingerprint density at radius 2 is 1.57 bits per heavy atom. The summed E-state index contributed by atoms with van der Waals surface area (Å²) in [4.78, 5) is 14.3. The van der Waals surface area contributed by atoms with E-state index in [-0.39, 0.29) is 30.0 Å². The fraction of sp³-hybridized carbons (Fsp3) is 0.941. The third-order valence-corrected chi connectivity index (χ3v) is 6.36. The maximum Gasteiger partial charge on any atom is 0.222 e. The molecule has 2 N–H and O–H groups in total. The second-order valence-corrected chi connectivity index (χ2v) is 7.70. The lowest BCUT2D eigenvalue weighted by atomic mass is 9.95. The maximum absolute atomic E-state index is 12.4. The standard InChI is InChI=1S/C17H29NO3/c19-12-16-9-17(16,13-20)11-18(10-16)15(21)8-7-14-5-3-1-2-4-6-14/h14,19-20H,1-13H2/t16-,17+. The smallest absolute Gasteiger partial charge is 0.222 e. The molecule has 1 amide bonds. The molecule has 4 nitrogen and oxygen atoms in total. The Bertz CT molecular complexity index is 373. The SMILES string of the molecule is O=C(CCC1CCCCCC1)N1C[C@@]2(CO)C[C@@]2(CO)C1. The van der Waals surface area contributed by atoms with Gasteiger partial charge in [0.1, 0.15) is 0 Å². The fourth-order valence-electron chi connectivity index (χ4n) is 4.70. The molecule has 0 spiro atoms. The van der Waals surface area contributed by atoms with Crippen molar-refractivity contribution in [3.63, 3.8) is 0 Å². The molecule has 0 aromatic rings. The quantitative estimate of drug-likeness (QED) is 0.762. The zero-order valence-electron chi connectivity index (χ0n) is 13.0. The number of hydrogen-bond acceptors (Lipinski definition) is 3. The third-order valence-electron chi connectivity index (χ3n) is 6.36. The molecule has 4 heteroatoms. The van der Waals surface area contributed by atoms with Gasteiger partial charge in [0.15, 0.2) is 0 Å². The van der Waals surface area contributed by atoms with Crippen molar-refractivity contribution in [1.29, 1.82) is 0 Å². The molecule has 21 heavy (non-hydrogen) atoms. The van der Waals surface area contributed by atoms with Crippen molar-refractivity contribution in [3.05, 3.63) is 0 Å². The topological polar surface area (TPSA) is 60.8 Å². The van der Waals surface area contributed by atoms with Crippen molar-refractivity contribution >= 4 is 5.91 Å². The summed E-state index contributed by atoms with van der Waals surface area (Å²) in [6.07, 6.45) is 10.5. The minimum atomic E-state index is -0.195. The molecule has 1 saturated heterocycles. The van der Waals surface area contributed by atoms with Crippen LogP contribution in [0.15, 0.2) is 0 Å². The lowest BCUT2D eigenvalue weighted by molar-refractivity contribution is -0.131. The van der Waals surface area contributed by atoms with Crippen molar-refractivity contribution < 1.29 is 15.0 Å². The molecule has 0 radical (unpaired) electrons. The van der Waals surface area contributed by atoms with Gasteiger partial charge in [-0.2, -0.15) is 0 Å². The van der Waals surface area contributed by atoms with Gasteiger partial charge in [0.05, 0.1) is 13.2 Å². The van der Waals surface area contributed by atoms with Gasteiger partial charge in [-0.25, -0.2) is 0 Å². The highest BCUT2D eigenvalue weighted by molar-refractivity contribution is 5.77. The third kappa shape index (κ3) is 2.72. The Hall–Kier alpha value is -0.610. The molecule has 2 saturated carbocycles. The maximum atomic E-state index is 12.4. The number of amides is 1. The van der Waals surface area contributed by atoms with E-state index in [0.29, 0.717) is 19.5 Å². The zero-order valence-corrected chi connectivity index (χ0v) is 13.0. The van der Waals surface area contributed by atoms with E-state index in [1.807, 2.05) is 4.90 Å². The summed E-state index contributed by atoms with van der Waals surface area (Å²) in [7, 11) is 0. The molecule has 3 fully saturated rings. The minimum Gasteiger partial charge on any atom is -0.396 e. The van der Waals surface area contributed by atoms with Crippen LogP contribution in [0.3, 0.4) is 0 Å². The number of carbonyl (C=O) groups is 1. The Labute approximate surface area is 127 Å². The van der Waals surface area contributed by atoms with Crippen molar-refractivity contribution in [2.45, 2.75) is 57.8 Å². The van der Waals surface area contributed by atoms with Crippen LogP contribution in [0.25, 0.3) is 0 Å². The first-order valence-corrected chi connectivity index (χ1v) is 8.64. The van der Waals surface area contributed by atoms with Gasteiger partial charge in [0, 0.05) is 30.3 Å². The van der Waals surface area contributed by atoms with E-state index < -0.39 is 0 Å². The van der Waals surface area contributed by atoms with Crippen LogP contribution < -0.4 is 0 Å². The second-order valence-electron chi connectivity index (χ2n) is 7.70. The van der Waals surface area contributed by atoms with Crippen molar-refractivity contribution in [2.75, 3.05) is 26.3 Å². The Kier molecular flexibility index (Phi) is 4.28. The van der Waals surface area contributed by atoms with E-state index in [4.69, 9.17) is 0 Å². The molecule has 120 valence electrons. The monoisotopic (exact) mass is 295 g/mol. The number of rotatable bonds is 5. The van der Waals surface area contributed by atoms with Gasteiger partial charge >= 0.3 is 0 Å². The van der Waals surface area contributed by atoms with Crippen LogP contribution in [0.5, 0.6) is 0 Å². The molecule has 0 aromatic heterocycles. The van der Waals surface area contributed by atoms with Crippen LogP contribution in [0.4, 0.5) is 0 Å². The summed E-state index contributed by atoms with van der Waals surface area (Å²) in [5.74, 6) is 0.958. The van der Waals surface area contributed by atoms with Gasteiger partial charge in [-0.1, -0.05) is 38.5 Å². The number of hydrogen-bond donors (Lipinski definition) is 2. The normalized spacial score (nSPS) is 36.4. The number of aliphatic hydroxyl groups excluding tert-OH is 2. The number of nitrogens with zero attached hydrogens (tertiary/aromatic N) is 1. The first kappa shape index (κ1) is 15.3. The largest absolute Gasteiger partial charge is 0.396 e. The Morgan fingerprint density at radius 3 is 2.10 bits per heavy atom. The molecule has 1 aliphatic heterocycles. The van der Waals surface area contributed by atoms with Gasteiger partial charge in [-0.05, 0) is 18.8 Å². The summed E-state index contributed by atoms with van der Waals surface area (Å²) >= 11 is 0. The van der Waals surface area contributed by atoms with E-state index >= 15 is 0 Å². The van der Waals surface area contributed by atoms with E-state index in [9.17, 15) is 15.0 Å². The summed E-state index contributed by atoms with van der Waals surface area (Å²) in [6.45, 7) is 1.49. The molecule has 2 aliphatic carbocycles. The molecule has 0 aromatic carbocycles. The van der Waals surface area contributed by atoms with Gasteiger partial charge in [-0.15, -0.1) is 0 Å².